The van der Waals surface area contributed by atoms with Crippen molar-refractivity contribution >= 4 is 11.0 Å². The number of fused-ring (bicyclic) bond motifs is 1. The molecule has 0 unspecified atom stereocenters. The molecule has 92 valence electrons. The number of rotatable bonds is 4. The Labute approximate surface area is 98.6 Å². The number of nitrogens with zero attached hydrogens (tertiary/aromatic N) is 3. The van der Waals surface area contributed by atoms with Crippen LogP contribution in [-0.4, -0.2) is 33.5 Å². The van der Waals surface area contributed by atoms with Crippen LogP contribution in [0.2, 0.25) is 0 Å². The maximum atomic E-state index is 11.6. The molecule has 0 spiro atoms. The first-order chi connectivity index (χ1) is 8.19. The van der Waals surface area contributed by atoms with Gasteiger partial charge in [0, 0.05) is 7.11 Å². The Hall–Kier alpha value is -1.69. The summed E-state index contributed by atoms with van der Waals surface area (Å²) in [5.41, 5.74) is 1.84. The largest absolute Gasteiger partial charge is 0.382 e. The van der Waals surface area contributed by atoms with E-state index in [-0.39, 0.29) is 11.6 Å². The molecule has 0 bridgehead atoms. The molecule has 2 aromatic rings. The molecule has 6 heteroatoms. The lowest BCUT2D eigenvalue weighted by Gasteiger charge is -2.13. The van der Waals surface area contributed by atoms with Crippen LogP contribution in [0.5, 0.6) is 0 Å². The van der Waals surface area contributed by atoms with Gasteiger partial charge in [0.25, 0.3) is 5.56 Å². The summed E-state index contributed by atoms with van der Waals surface area (Å²) in [6.45, 7) is 4.58. The van der Waals surface area contributed by atoms with E-state index in [0.717, 1.165) is 12.1 Å². The van der Waals surface area contributed by atoms with Crippen molar-refractivity contribution in [1.29, 1.82) is 0 Å². The molecule has 1 atom stereocenters. The normalized spacial score (nSPS) is 13.1. The molecule has 6 nitrogen and oxygen atoms in total. The summed E-state index contributed by atoms with van der Waals surface area (Å²) in [6.07, 6.45) is 2.19. The van der Waals surface area contributed by atoms with Crippen molar-refractivity contribution in [3.05, 3.63) is 22.4 Å². The van der Waals surface area contributed by atoms with E-state index < -0.39 is 0 Å². The maximum Gasteiger partial charge on any atom is 0.279 e. The molecule has 0 saturated carbocycles. The molecule has 1 N–H and O–H groups in total. The Morgan fingerprint density at radius 2 is 2.29 bits per heavy atom. The number of H-pyrrole nitrogens is 1. The fourth-order valence-corrected chi connectivity index (χ4v) is 1.98. The van der Waals surface area contributed by atoms with Crippen LogP contribution in [0.4, 0.5) is 0 Å². The number of aromatic nitrogens is 4. The number of aryl methyl sites for hydroxylation is 1. The Kier molecular flexibility index (Phi) is 3.23. The molecule has 2 heterocycles. The van der Waals surface area contributed by atoms with Gasteiger partial charge in [0.2, 0.25) is 0 Å². The zero-order valence-corrected chi connectivity index (χ0v) is 10.2. The summed E-state index contributed by atoms with van der Waals surface area (Å²) in [5, 5.41) is 4.33. The number of hydrogen-bond acceptors (Lipinski definition) is 4. The average molecular weight is 236 g/mol. The summed E-state index contributed by atoms with van der Waals surface area (Å²) >= 11 is 0. The predicted octanol–water partition coefficient (Wildman–Crippen LogP) is 0.889. The number of hydrogen-bond donors (Lipinski definition) is 1. The third-order valence-electron chi connectivity index (χ3n) is 2.75. The van der Waals surface area contributed by atoms with E-state index in [1.54, 1.807) is 7.11 Å². The topological polar surface area (TPSA) is 72.8 Å². The van der Waals surface area contributed by atoms with E-state index in [1.165, 1.54) is 6.33 Å². The molecule has 2 aromatic heterocycles. The van der Waals surface area contributed by atoms with Crippen molar-refractivity contribution in [3.63, 3.8) is 0 Å². The highest BCUT2D eigenvalue weighted by Crippen LogP contribution is 2.17. The van der Waals surface area contributed by atoms with Gasteiger partial charge in [0.15, 0.2) is 5.52 Å². The minimum atomic E-state index is -0.201. The van der Waals surface area contributed by atoms with Gasteiger partial charge in [-0.3, -0.25) is 9.48 Å². The summed E-state index contributed by atoms with van der Waals surface area (Å²) in [6, 6.07) is 0.0866. The molecular formula is C11H16N4O2. The van der Waals surface area contributed by atoms with Crippen LogP contribution in [0.15, 0.2) is 11.1 Å². The van der Waals surface area contributed by atoms with Crippen molar-refractivity contribution in [2.45, 2.75) is 26.3 Å². The molecule has 0 aliphatic rings. The highest BCUT2D eigenvalue weighted by Gasteiger charge is 2.17. The van der Waals surface area contributed by atoms with Crippen LogP contribution in [-0.2, 0) is 11.2 Å². The number of ether oxygens (including phenoxy) is 1. The van der Waals surface area contributed by atoms with Crippen molar-refractivity contribution in [2.75, 3.05) is 13.7 Å². The molecule has 0 aliphatic heterocycles. The summed E-state index contributed by atoms with van der Waals surface area (Å²) in [5.74, 6) is 0. The van der Waals surface area contributed by atoms with E-state index in [0.29, 0.717) is 17.6 Å². The highest BCUT2D eigenvalue weighted by atomic mass is 16.5. The number of methoxy groups -OCH3 is 1. The van der Waals surface area contributed by atoms with Gasteiger partial charge in [-0.1, -0.05) is 6.92 Å². The Balaban J connectivity index is 2.63. The molecule has 0 aliphatic carbocycles. The van der Waals surface area contributed by atoms with Crippen molar-refractivity contribution in [2.24, 2.45) is 0 Å². The zero-order chi connectivity index (χ0) is 12.4. The number of nitrogens with one attached hydrogen (secondary N) is 1. The van der Waals surface area contributed by atoms with Gasteiger partial charge in [-0.25, -0.2) is 4.98 Å². The van der Waals surface area contributed by atoms with Crippen LogP contribution < -0.4 is 5.56 Å². The second-order valence-electron chi connectivity index (χ2n) is 3.98. The second kappa shape index (κ2) is 4.67. The van der Waals surface area contributed by atoms with Crippen LogP contribution >= 0.6 is 0 Å². The first-order valence-corrected chi connectivity index (χ1v) is 5.62. The van der Waals surface area contributed by atoms with Gasteiger partial charge in [-0.05, 0) is 13.3 Å². The Morgan fingerprint density at radius 3 is 2.94 bits per heavy atom. The molecule has 0 radical (unpaired) electrons. The SMILES string of the molecule is CCc1c2nc[nH]c(=O)c2nn1[C@@H](C)COC. The van der Waals surface area contributed by atoms with E-state index in [9.17, 15) is 4.79 Å². The molecule has 0 fully saturated rings. The Morgan fingerprint density at radius 1 is 1.53 bits per heavy atom. The lowest BCUT2D eigenvalue weighted by atomic mass is 10.2. The Bertz CT molecular complexity index is 572. The minimum Gasteiger partial charge on any atom is -0.382 e. The quantitative estimate of drug-likeness (QED) is 0.855. The summed E-state index contributed by atoms with van der Waals surface area (Å²) < 4.78 is 6.95. The zero-order valence-electron chi connectivity index (χ0n) is 10.2. The number of aromatic amines is 1. The van der Waals surface area contributed by atoms with Gasteiger partial charge in [-0.15, -0.1) is 0 Å². The lowest BCUT2D eigenvalue weighted by molar-refractivity contribution is 0.156. The van der Waals surface area contributed by atoms with E-state index in [2.05, 4.69) is 15.1 Å². The third-order valence-corrected chi connectivity index (χ3v) is 2.75. The fraction of sp³-hybridized carbons (Fsp3) is 0.545. The minimum absolute atomic E-state index is 0.0866. The van der Waals surface area contributed by atoms with Gasteiger partial charge in [0.05, 0.1) is 24.7 Å². The van der Waals surface area contributed by atoms with E-state index >= 15 is 0 Å². The molecule has 17 heavy (non-hydrogen) atoms. The lowest BCUT2D eigenvalue weighted by Crippen LogP contribution is -2.15. The molecule has 0 saturated heterocycles. The molecular weight excluding hydrogens is 220 g/mol. The third kappa shape index (κ3) is 1.95. The first-order valence-electron chi connectivity index (χ1n) is 5.62. The smallest absolute Gasteiger partial charge is 0.279 e. The van der Waals surface area contributed by atoms with Crippen LogP contribution in [0.3, 0.4) is 0 Å². The van der Waals surface area contributed by atoms with E-state index in [1.807, 2.05) is 18.5 Å². The van der Waals surface area contributed by atoms with Gasteiger partial charge in [0.1, 0.15) is 5.52 Å². The summed E-state index contributed by atoms with van der Waals surface area (Å²) in [7, 11) is 1.65. The van der Waals surface area contributed by atoms with Crippen LogP contribution in [0.25, 0.3) is 11.0 Å². The fourth-order valence-electron chi connectivity index (χ4n) is 1.98. The van der Waals surface area contributed by atoms with Crippen LogP contribution in [0, 0.1) is 0 Å². The van der Waals surface area contributed by atoms with Crippen LogP contribution in [0.1, 0.15) is 25.6 Å². The van der Waals surface area contributed by atoms with E-state index in [4.69, 9.17) is 4.74 Å². The average Bonchev–Trinajstić information content (AvgIpc) is 2.69. The standard InChI is InChI=1S/C11H16N4O2/c1-4-8-9-10(11(16)13-6-12-9)14-15(8)7(2)5-17-3/h6-7H,4-5H2,1-3H3,(H,12,13,16)/t7-/m0/s1. The first kappa shape index (κ1) is 11.8. The monoisotopic (exact) mass is 236 g/mol. The molecule has 0 aromatic carbocycles. The van der Waals surface area contributed by atoms with Crippen molar-refractivity contribution in [1.82, 2.24) is 19.7 Å². The van der Waals surface area contributed by atoms with Crippen molar-refractivity contribution < 1.29 is 4.74 Å². The summed E-state index contributed by atoms with van der Waals surface area (Å²) in [4.78, 5) is 18.4. The highest BCUT2D eigenvalue weighted by molar-refractivity contribution is 5.75. The predicted molar refractivity (Wildman–Crippen MR) is 64.1 cm³/mol. The van der Waals surface area contributed by atoms with Gasteiger partial charge < -0.3 is 9.72 Å². The second-order valence-corrected chi connectivity index (χ2v) is 3.98. The van der Waals surface area contributed by atoms with Gasteiger partial charge >= 0.3 is 0 Å². The van der Waals surface area contributed by atoms with Crippen molar-refractivity contribution in [3.8, 4) is 0 Å². The van der Waals surface area contributed by atoms with Gasteiger partial charge in [-0.2, -0.15) is 5.10 Å². The molecule has 0 amide bonds. The molecule has 2 rings (SSSR count). The maximum absolute atomic E-state index is 11.6.